The molecule has 2 aromatic carbocycles. The van der Waals surface area contributed by atoms with Crippen LogP contribution in [0.15, 0.2) is 48.5 Å². The number of carbonyl (C=O) groups is 1. The van der Waals surface area contributed by atoms with Crippen LogP contribution < -0.4 is 5.32 Å². The lowest BCUT2D eigenvalue weighted by atomic mass is 10.1. The average Bonchev–Trinajstić information content (AvgIpc) is 2.48. The van der Waals surface area contributed by atoms with E-state index in [1.807, 2.05) is 19.1 Å². The quantitative estimate of drug-likeness (QED) is 0.677. The first kappa shape index (κ1) is 14.7. The number of aryl methyl sites for hydroxylation is 1. The van der Waals surface area contributed by atoms with Gasteiger partial charge in [0.05, 0.1) is 4.92 Å². The standard InChI is InChI=1S/C16H16N2O3/c1-12-2-6-14(7-3-12)16(19)17-11-10-13-4-8-15(9-5-13)18(20)21/h2-9H,10-11H2,1H3,(H,17,19). The molecule has 0 saturated heterocycles. The summed E-state index contributed by atoms with van der Waals surface area (Å²) in [7, 11) is 0. The minimum atomic E-state index is -0.428. The molecule has 0 atom stereocenters. The first-order chi connectivity index (χ1) is 10.1. The fourth-order valence-corrected chi connectivity index (χ4v) is 1.91. The molecule has 0 heterocycles. The van der Waals surface area contributed by atoms with Crippen LogP contribution in [0.4, 0.5) is 5.69 Å². The largest absolute Gasteiger partial charge is 0.352 e. The fourth-order valence-electron chi connectivity index (χ4n) is 1.91. The zero-order chi connectivity index (χ0) is 15.2. The second-order valence-corrected chi connectivity index (χ2v) is 4.80. The zero-order valence-electron chi connectivity index (χ0n) is 11.7. The highest BCUT2D eigenvalue weighted by molar-refractivity contribution is 5.94. The summed E-state index contributed by atoms with van der Waals surface area (Å²) in [6.07, 6.45) is 0.635. The van der Waals surface area contributed by atoms with Crippen LogP contribution >= 0.6 is 0 Å². The van der Waals surface area contributed by atoms with Crippen LogP contribution in [-0.2, 0) is 6.42 Å². The van der Waals surface area contributed by atoms with Gasteiger partial charge in [0.15, 0.2) is 0 Å². The first-order valence-electron chi connectivity index (χ1n) is 6.64. The van der Waals surface area contributed by atoms with Crippen LogP contribution in [0.1, 0.15) is 21.5 Å². The van der Waals surface area contributed by atoms with E-state index < -0.39 is 4.92 Å². The lowest BCUT2D eigenvalue weighted by Gasteiger charge is -2.05. The monoisotopic (exact) mass is 284 g/mol. The van der Waals surface area contributed by atoms with Crippen molar-refractivity contribution >= 4 is 11.6 Å². The summed E-state index contributed by atoms with van der Waals surface area (Å²) in [5, 5.41) is 13.4. The van der Waals surface area contributed by atoms with Gasteiger partial charge in [0.2, 0.25) is 0 Å². The molecule has 1 N–H and O–H groups in total. The second kappa shape index (κ2) is 6.65. The molecule has 0 spiro atoms. The third-order valence-electron chi connectivity index (χ3n) is 3.16. The number of nitrogens with one attached hydrogen (secondary N) is 1. The molecule has 0 bridgehead atoms. The van der Waals surface area contributed by atoms with Crippen LogP contribution in [0.3, 0.4) is 0 Å². The van der Waals surface area contributed by atoms with Gasteiger partial charge in [-0.2, -0.15) is 0 Å². The van der Waals surface area contributed by atoms with Crippen molar-refractivity contribution in [2.24, 2.45) is 0 Å². The van der Waals surface area contributed by atoms with E-state index in [9.17, 15) is 14.9 Å². The molecule has 0 aliphatic rings. The molecule has 0 aliphatic heterocycles. The van der Waals surface area contributed by atoms with Crippen LogP contribution in [0.25, 0.3) is 0 Å². The van der Waals surface area contributed by atoms with Crippen LogP contribution in [0, 0.1) is 17.0 Å². The van der Waals surface area contributed by atoms with Gasteiger partial charge in [-0.05, 0) is 31.0 Å². The van der Waals surface area contributed by atoms with Crippen molar-refractivity contribution in [3.63, 3.8) is 0 Å². The molecule has 1 amide bonds. The van der Waals surface area contributed by atoms with Crippen molar-refractivity contribution < 1.29 is 9.72 Å². The number of hydrogen-bond acceptors (Lipinski definition) is 3. The highest BCUT2D eigenvalue weighted by atomic mass is 16.6. The van der Waals surface area contributed by atoms with Gasteiger partial charge in [0, 0.05) is 24.2 Å². The van der Waals surface area contributed by atoms with Gasteiger partial charge in [-0.1, -0.05) is 29.8 Å². The Morgan fingerprint density at radius 3 is 2.29 bits per heavy atom. The zero-order valence-corrected chi connectivity index (χ0v) is 11.7. The van der Waals surface area contributed by atoms with Gasteiger partial charge < -0.3 is 5.32 Å². The molecule has 0 aliphatic carbocycles. The number of carbonyl (C=O) groups excluding carboxylic acids is 1. The van der Waals surface area contributed by atoms with E-state index in [1.165, 1.54) is 12.1 Å². The Balaban J connectivity index is 1.85. The molecule has 0 radical (unpaired) electrons. The highest BCUT2D eigenvalue weighted by Gasteiger charge is 2.06. The smallest absolute Gasteiger partial charge is 0.269 e. The fraction of sp³-hybridized carbons (Fsp3) is 0.188. The molecule has 2 rings (SSSR count). The Hall–Kier alpha value is -2.69. The van der Waals surface area contributed by atoms with E-state index >= 15 is 0 Å². The molecule has 0 saturated carbocycles. The van der Waals surface area contributed by atoms with Crippen LogP contribution in [0.2, 0.25) is 0 Å². The average molecular weight is 284 g/mol. The Morgan fingerprint density at radius 1 is 1.10 bits per heavy atom. The topological polar surface area (TPSA) is 72.2 Å². The number of hydrogen-bond donors (Lipinski definition) is 1. The summed E-state index contributed by atoms with van der Waals surface area (Å²) in [4.78, 5) is 22.0. The number of nitrogens with zero attached hydrogens (tertiary/aromatic N) is 1. The molecular weight excluding hydrogens is 268 g/mol. The van der Waals surface area contributed by atoms with Gasteiger partial charge in [-0.25, -0.2) is 0 Å². The van der Waals surface area contributed by atoms with Gasteiger partial charge in [0.1, 0.15) is 0 Å². The number of benzene rings is 2. The maximum atomic E-state index is 11.9. The Morgan fingerprint density at radius 2 is 1.71 bits per heavy atom. The van der Waals surface area contributed by atoms with Crippen molar-refractivity contribution in [3.8, 4) is 0 Å². The number of non-ortho nitro benzene ring substituents is 1. The predicted octanol–water partition coefficient (Wildman–Crippen LogP) is 2.88. The molecule has 0 unspecified atom stereocenters. The lowest BCUT2D eigenvalue weighted by molar-refractivity contribution is -0.384. The van der Waals surface area contributed by atoms with Crippen molar-refractivity contribution in [2.45, 2.75) is 13.3 Å². The lowest BCUT2D eigenvalue weighted by Crippen LogP contribution is -2.25. The summed E-state index contributed by atoms with van der Waals surface area (Å²) in [6.45, 7) is 2.46. The Bertz CT molecular complexity index is 634. The molecule has 5 nitrogen and oxygen atoms in total. The van der Waals surface area contributed by atoms with Gasteiger partial charge >= 0.3 is 0 Å². The van der Waals surface area contributed by atoms with Gasteiger partial charge in [0.25, 0.3) is 11.6 Å². The number of rotatable bonds is 5. The van der Waals surface area contributed by atoms with Crippen LogP contribution in [0.5, 0.6) is 0 Å². The minimum absolute atomic E-state index is 0.0717. The molecule has 2 aromatic rings. The minimum Gasteiger partial charge on any atom is -0.352 e. The van der Waals surface area contributed by atoms with Gasteiger partial charge in [-0.15, -0.1) is 0 Å². The maximum Gasteiger partial charge on any atom is 0.269 e. The van der Waals surface area contributed by atoms with Crippen molar-refractivity contribution in [2.75, 3.05) is 6.54 Å². The van der Waals surface area contributed by atoms with Gasteiger partial charge in [-0.3, -0.25) is 14.9 Å². The molecule has 108 valence electrons. The molecule has 21 heavy (non-hydrogen) atoms. The Labute approximate surface area is 122 Å². The van der Waals surface area contributed by atoms with E-state index in [0.29, 0.717) is 18.5 Å². The Kier molecular flexibility index (Phi) is 4.66. The first-order valence-corrected chi connectivity index (χ1v) is 6.64. The third-order valence-corrected chi connectivity index (χ3v) is 3.16. The van der Waals surface area contributed by atoms with E-state index in [4.69, 9.17) is 0 Å². The summed E-state index contributed by atoms with van der Waals surface area (Å²) in [5.74, 6) is -0.114. The van der Waals surface area contributed by atoms with Crippen molar-refractivity contribution in [1.82, 2.24) is 5.32 Å². The SMILES string of the molecule is Cc1ccc(C(=O)NCCc2ccc([N+](=O)[O-])cc2)cc1. The molecule has 0 aromatic heterocycles. The van der Waals surface area contributed by atoms with E-state index in [1.54, 1.807) is 24.3 Å². The number of amides is 1. The number of nitro groups is 1. The number of nitro benzene ring substituents is 1. The van der Waals surface area contributed by atoms with Crippen molar-refractivity contribution in [3.05, 3.63) is 75.3 Å². The summed E-state index contributed by atoms with van der Waals surface area (Å²) in [6, 6.07) is 13.7. The van der Waals surface area contributed by atoms with Crippen molar-refractivity contribution in [1.29, 1.82) is 0 Å². The molecule has 5 heteroatoms. The summed E-state index contributed by atoms with van der Waals surface area (Å²) >= 11 is 0. The second-order valence-electron chi connectivity index (χ2n) is 4.80. The van der Waals surface area contributed by atoms with E-state index in [2.05, 4.69) is 5.32 Å². The van der Waals surface area contributed by atoms with Crippen LogP contribution in [-0.4, -0.2) is 17.4 Å². The molecule has 0 fully saturated rings. The predicted molar refractivity (Wildman–Crippen MR) is 80.3 cm³/mol. The van der Waals surface area contributed by atoms with E-state index in [-0.39, 0.29) is 11.6 Å². The summed E-state index contributed by atoms with van der Waals surface area (Å²) < 4.78 is 0. The molecular formula is C16H16N2O3. The highest BCUT2D eigenvalue weighted by Crippen LogP contribution is 2.12. The van der Waals surface area contributed by atoms with E-state index in [0.717, 1.165) is 11.1 Å². The summed E-state index contributed by atoms with van der Waals surface area (Å²) in [5.41, 5.74) is 2.76. The maximum absolute atomic E-state index is 11.9. The normalized spacial score (nSPS) is 10.1. The third kappa shape index (κ3) is 4.14.